The molecule has 0 radical (unpaired) electrons. The van der Waals surface area contributed by atoms with E-state index in [9.17, 15) is 0 Å². The molecule has 7 nitrogen and oxygen atoms in total. The van der Waals surface area contributed by atoms with Crippen molar-refractivity contribution in [2.45, 2.75) is 6.92 Å². The van der Waals surface area contributed by atoms with Gasteiger partial charge in [0.05, 0.1) is 12.7 Å². The molecule has 2 aromatic heterocycles. The molecule has 1 aliphatic rings. The van der Waals surface area contributed by atoms with Gasteiger partial charge in [0.15, 0.2) is 23.5 Å². The maximum absolute atomic E-state index is 5.34. The normalized spacial score (nSPS) is 14.2. The van der Waals surface area contributed by atoms with E-state index in [1.807, 2.05) is 63.0 Å². The summed E-state index contributed by atoms with van der Waals surface area (Å²) in [7, 11) is 11.7. The van der Waals surface area contributed by atoms with E-state index in [-0.39, 0.29) is 0 Å². The van der Waals surface area contributed by atoms with Crippen molar-refractivity contribution in [3.8, 4) is 5.75 Å². The minimum Gasteiger partial charge on any atom is -0.497 e. The summed E-state index contributed by atoms with van der Waals surface area (Å²) in [6, 6.07) is 14.4. The number of methoxy groups -OCH3 is 1. The second-order valence-corrected chi connectivity index (χ2v) is 8.03. The van der Waals surface area contributed by atoms with E-state index in [2.05, 4.69) is 46.9 Å². The summed E-state index contributed by atoms with van der Waals surface area (Å²) in [5, 5.41) is 4.71. The highest BCUT2D eigenvalue weighted by Gasteiger charge is 2.35. The molecular weight excluding hydrogens is 388 g/mol. The lowest BCUT2D eigenvalue weighted by Crippen LogP contribution is -2.34. The number of allylic oxidation sites excluding steroid dienone is 1. The largest absolute Gasteiger partial charge is 0.497 e. The molecule has 7 heteroatoms. The van der Waals surface area contributed by atoms with Crippen LogP contribution in [-0.4, -0.2) is 50.8 Å². The van der Waals surface area contributed by atoms with Gasteiger partial charge in [0.2, 0.25) is 11.4 Å². The zero-order chi connectivity index (χ0) is 22.3. The van der Waals surface area contributed by atoms with Crippen molar-refractivity contribution in [2.24, 2.45) is 12.0 Å². The van der Waals surface area contributed by atoms with Gasteiger partial charge in [0.1, 0.15) is 11.5 Å². The van der Waals surface area contributed by atoms with Crippen LogP contribution < -0.4 is 19.1 Å². The summed E-state index contributed by atoms with van der Waals surface area (Å²) in [5.41, 5.74) is 6.23. The lowest BCUT2D eigenvalue weighted by molar-refractivity contribution is -0.577. The zero-order valence-electron chi connectivity index (χ0n) is 19.2. The van der Waals surface area contributed by atoms with E-state index in [1.54, 1.807) is 7.11 Å². The number of benzene rings is 1. The van der Waals surface area contributed by atoms with Gasteiger partial charge in [-0.05, 0) is 37.3 Å². The fourth-order valence-corrected chi connectivity index (χ4v) is 4.07. The van der Waals surface area contributed by atoms with Crippen molar-refractivity contribution in [1.29, 1.82) is 0 Å². The number of anilines is 2. The second-order valence-electron chi connectivity index (χ2n) is 8.03. The molecule has 0 N–H and O–H groups in total. The summed E-state index contributed by atoms with van der Waals surface area (Å²) in [4.78, 5) is 9.26. The van der Waals surface area contributed by atoms with Crippen molar-refractivity contribution >= 4 is 28.7 Å². The van der Waals surface area contributed by atoms with E-state index < -0.39 is 0 Å². The number of aryl methyl sites for hydroxylation is 1. The monoisotopic (exact) mass is 417 g/mol. The Bertz CT molecular complexity index is 1190. The average molecular weight is 418 g/mol. The molecule has 160 valence electrons. The first-order valence-electron chi connectivity index (χ1n) is 10.2. The van der Waals surface area contributed by atoms with Crippen molar-refractivity contribution in [2.75, 3.05) is 45.1 Å². The van der Waals surface area contributed by atoms with Gasteiger partial charge in [-0.2, -0.15) is 9.67 Å². The molecule has 0 atom stereocenters. The highest BCUT2D eigenvalue weighted by atomic mass is 16.5. The third-order valence-corrected chi connectivity index (χ3v) is 5.46. The minimum absolute atomic E-state index is 0.840. The molecule has 1 aromatic carbocycles. The predicted octanol–water partition coefficient (Wildman–Crippen LogP) is 3.26. The highest BCUT2D eigenvalue weighted by molar-refractivity contribution is 6.17. The summed E-state index contributed by atoms with van der Waals surface area (Å²) >= 11 is 0. The molecule has 0 unspecified atom stereocenters. The number of hydrogen-bond acceptors (Lipinski definition) is 5. The molecule has 0 amide bonds. The van der Waals surface area contributed by atoms with Crippen LogP contribution in [-0.2, 0) is 7.05 Å². The smallest absolute Gasteiger partial charge is 0.237 e. The van der Waals surface area contributed by atoms with Crippen LogP contribution in [0.3, 0.4) is 0 Å². The molecule has 3 heterocycles. The van der Waals surface area contributed by atoms with Crippen molar-refractivity contribution in [1.82, 2.24) is 9.78 Å². The Labute approximate surface area is 183 Å². The van der Waals surface area contributed by atoms with Gasteiger partial charge in [0, 0.05) is 52.9 Å². The fourth-order valence-electron chi connectivity index (χ4n) is 4.07. The highest BCUT2D eigenvalue weighted by Crippen LogP contribution is 2.38. The maximum Gasteiger partial charge on any atom is 0.237 e. The first-order chi connectivity index (χ1) is 14.8. The van der Waals surface area contributed by atoms with Crippen molar-refractivity contribution in [3.05, 3.63) is 65.5 Å². The summed E-state index contributed by atoms with van der Waals surface area (Å²) in [5.74, 6) is 2.64. The van der Waals surface area contributed by atoms with Crippen LogP contribution in [0.2, 0.25) is 0 Å². The first kappa shape index (κ1) is 20.7. The van der Waals surface area contributed by atoms with E-state index in [0.717, 1.165) is 51.3 Å². The van der Waals surface area contributed by atoms with E-state index >= 15 is 0 Å². The van der Waals surface area contributed by atoms with Gasteiger partial charge in [0.25, 0.3) is 0 Å². The van der Waals surface area contributed by atoms with Gasteiger partial charge in [-0.15, -0.1) is 0 Å². The minimum atomic E-state index is 0.840. The number of pyridine rings is 1. The Kier molecular flexibility index (Phi) is 5.27. The number of aromatic nitrogens is 3. The van der Waals surface area contributed by atoms with Gasteiger partial charge in [-0.25, -0.2) is 9.67 Å². The van der Waals surface area contributed by atoms with Crippen molar-refractivity contribution < 1.29 is 9.30 Å². The molecule has 3 aromatic rings. The Morgan fingerprint density at radius 3 is 2.32 bits per heavy atom. The van der Waals surface area contributed by atoms with E-state index in [4.69, 9.17) is 14.8 Å². The summed E-state index contributed by atoms with van der Waals surface area (Å²) in [6.07, 6.45) is 2.09. The number of fused-ring (bicyclic) bond motifs is 1. The Hall–Kier alpha value is -3.61. The van der Waals surface area contributed by atoms with Crippen LogP contribution >= 0.6 is 0 Å². The number of aliphatic imine (C=N–C) groups is 1. The summed E-state index contributed by atoms with van der Waals surface area (Å²) < 4.78 is 9.42. The topological polar surface area (TPSA) is 49.8 Å². The van der Waals surface area contributed by atoms with E-state index in [0.29, 0.717) is 0 Å². The molecule has 4 rings (SSSR count). The number of nitrogens with zero attached hydrogens (tertiary/aromatic N) is 6. The first-order valence-corrected chi connectivity index (χ1v) is 10.2. The molecule has 0 spiro atoms. The lowest BCUT2D eigenvalue weighted by atomic mass is 10.1. The zero-order valence-corrected chi connectivity index (χ0v) is 19.2. The van der Waals surface area contributed by atoms with Gasteiger partial charge >= 0.3 is 0 Å². The Morgan fingerprint density at radius 2 is 1.71 bits per heavy atom. The molecular formula is C24H29N6O+. The SMILES string of the molecule is COc1ccc(C2=C(C)/C(=N\c3c(N(C)C)nn(C)c3N(C)C)c3cccc[n+]32)cc1. The Morgan fingerprint density at radius 1 is 1.00 bits per heavy atom. The molecule has 0 saturated heterocycles. The van der Waals surface area contributed by atoms with Gasteiger partial charge < -0.3 is 14.5 Å². The van der Waals surface area contributed by atoms with Gasteiger partial charge in [-0.3, -0.25) is 0 Å². The standard InChI is InChI=1S/C24H29N6O/c1-16-20(25-21-23(27(2)3)26-29(6)24(21)28(4)5)19-10-8-9-15-30(19)22(16)17-11-13-18(31-7)14-12-17/h8-15H,1-7H3/q+1. The van der Waals surface area contributed by atoms with Crippen LogP contribution in [0, 0.1) is 0 Å². The van der Waals surface area contributed by atoms with E-state index in [1.165, 1.54) is 0 Å². The third-order valence-electron chi connectivity index (χ3n) is 5.46. The van der Waals surface area contributed by atoms with Crippen LogP contribution in [0.25, 0.3) is 5.70 Å². The number of hydrogen-bond donors (Lipinski definition) is 0. The number of ether oxygens (including phenoxy) is 1. The lowest BCUT2D eigenvalue weighted by Gasteiger charge is -2.14. The van der Waals surface area contributed by atoms with Crippen LogP contribution in [0.5, 0.6) is 5.75 Å². The van der Waals surface area contributed by atoms with Crippen LogP contribution in [0.15, 0.2) is 59.2 Å². The third kappa shape index (κ3) is 3.46. The Balaban J connectivity index is 1.95. The molecule has 0 bridgehead atoms. The predicted molar refractivity (Wildman–Crippen MR) is 126 cm³/mol. The van der Waals surface area contributed by atoms with Gasteiger partial charge in [-0.1, -0.05) is 0 Å². The fraction of sp³-hybridized carbons (Fsp3) is 0.292. The quantitative estimate of drug-likeness (QED) is 0.598. The average Bonchev–Trinajstić information content (AvgIpc) is 3.23. The number of rotatable bonds is 5. The summed E-state index contributed by atoms with van der Waals surface area (Å²) in [6.45, 7) is 2.13. The maximum atomic E-state index is 5.34. The molecule has 0 saturated carbocycles. The molecule has 0 fully saturated rings. The molecule has 0 aliphatic carbocycles. The van der Waals surface area contributed by atoms with Crippen LogP contribution in [0.1, 0.15) is 18.2 Å². The second kappa shape index (κ2) is 7.91. The van der Waals surface area contributed by atoms with Crippen LogP contribution in [0.4, 0.5) is 17.3 Å². The molecule has 1 aliphatic heterocycles. The van der Waals surface area contributed by atoms with Crippen molar-refractivity contribution in [3.63, 3.8) is 0 Å². The molecule has 31 heavy (non-hydrogen) atoms.